The predicted octanol–water partition coefficient (Wildman–Crippen LogP) is 6.94. The molecule has 0 atom stereocenters. The van der Waals surface area contributed by atoms with E-state index in [9.17, 15) is 19.5 Å². The van der Waals surface area contributed by atoms with Crippen molar-refractivity contribution in [2.75, 3.05) is 13.2 Å². The molecule has 1 aromatic carbocycles. The normalized spacial score (nSPS) is 12.1. The number of rotatable bonds is 14. The number of carboxylic acid groups (broad SMARTS) is 1. The van der Waals surface area contributed by atoms with E-state index in [4.69, 9.17) is 14.6 Å². The number of aromatic carboxylic acids is 1. The molecule has 0 aliphatic carbocycles. The third-order valence-electron chi connectivity index (χ3n) is 7.30. The second-order valence-corrected chi connectivity index (χ2v) is 11.6. The summed E-state index contributed by atoms with van der Waals surface area (Å²) in [4.78, 5) is 35.6. The number of esters is 1. The van der Waals surface area contributed by atoms with Gasteiger partial charge in [0.1, 0.15) is 16.8 Å². The molecule has 0 radical (unpaired) electrons. The van der Waals surface area contributed by atoms with Crippen molar-refractivity contribution in [3.63, 3.8) is 0 Å². The highest BCUT2D eigenvalue weighted by Gasteiger charge is 2.24. The van der Waals surface area contributed by atoms with Gasteiger partial charge in [-0.15, -0.1) is 0 Å². The van der Waals surface area contributed by atoms with Crippen molar-refractivity contribution in [1.82, 2.24) is 14.3 Å². The first-order valence-corrected chi connectivity index (χ1v) is 15.4. The fourth-order valence-electron chi connectivity index (χ4n) is 4.89. The maximum atomic E-state index is 12.4. The lowest BCUT2D eigenvalue weighted by Gasteiger charge is -2.21. The number of fused-ring (bicyclic) bond motifs is 5. The minimum absolute atomic E-state index is 0.0917. The van der Waals surface area contributed by atoms with E-state index in [0.717, 1.165) is 67.5 Å². The van der Waals surface area contributed by atoms with Crippen LogP contribution in [-0.2, 0) is 22.6 Å². The second-order valence-electron chi connectivity index (χ2n) is 11.6. The largest absolute Gasteiger partial charge is 0.491 e. The molecule has 0 saturated carbocycles. The lowest BCUT2D eigenvalue weighted by Crippen LogP contribution is -2.24. The Hall–Kier alpha value is -3.62. The number of ether oxygens (including phenoxy) is 2. The molecule has 9 nitrogen and oxygen atoms in total. The molecule has 1 aliphatic heterocycles. The van der Waals surface area contributed by atoms with Gasteiger partial charge in [0, 0.05) is 30.6 Å². The lowest BCUT2D eigenvalue weighted by atomic mass is 10.1. The van der Waals surface area contributed by atoms with E-state index in [-0.39, 0.29) is 11.5 Å². The predicted molar refractivity (Wildman–Crippen MR) is 165 cm³/mol. The van der Waals surface area contributed by atoms with Crippen molar-refractivity contribution < 1.29 is 24.2 Å². The first-order valence-electron chi connectivity index (χ1n) is 15.4. The molecule has 3 aromatic rings. The van der Waals surface area contributed by atoms with Crippen molar-refractivity contribution in [2.45, 2.75) is 99.1 Å². The number of carboxylic acids is 1. The van der Waals surface area contributed by atoms with Gasteiger partial charge in [0.05, 0.1) is 31.1 Å². The van der Waals surface area contributed by atoms with Gasteiger partial charge in [0.25, 0.3) is 0 Å². The molecule has 0 bridgehead atoms. The molecule has 9 heteroatoms. The third kappa shape index (κ3) is 8.94. The zero-order chi connectivity index (χ0) is 30.6. The minimum atomic E-state index is -1.22. The van der Waals surface area contributed by atoms with E-state index in [2.05, 4.69) is 34.6 Å². The summed E-state index contributed by atoms with van der Waals surface area (Å²) in [6, 6.07) is 7.14. The van der Waals surface area contributed by atoms with Gasteiger partial charge in [-0.05, 0) is 30.7 Å². The molecule has 230 valence electrons. The first kappa shape index (κ1) is 32.9. The fraction of sp³-hybridized carbons (Fsp3) is 0.576. The summed E-state index contributed by atoms with van der Waals surface area (Å²) >= 11 is 0. The summed E-state index contributed by atoms with van der Waals surface area (Å²) in [5, 5.41) is 14.9. The molecule has 2 aromatic heterocycles. The number of unbranched alkanes of at least 4 members (excludes halogenated alkanes) is 4. The number of carbonyl (C=O) groups is 2. The van der Waals surface area contributed by atoms with Crippen molar-refractivity contribution in [1.29, 1.82) is 0 Å². The van der Waals surface area contributed by atoms with Crippen LogP contribution in [0.4, 0.5) is 0 Å². The second kappa shape index (κ2) is 16.1. The van der Waals surface area contributed by atoms with Crippen LogP contribution < -0.4 is 10.2 Å². The number of aryl methyl sites for hydroxylation is 2. The molecule has 4 rings (SSSR count). The van der Waals surface area contributed by atoms with Crippen molar-refractivity contribution >= 4 is 22.8 Å². The molecule has 42 heavy (non-hydrogen) atoms. The minimum Gasteiger partial charge on any atom is -0.491 e. The highest BCUT2D eigenvalue weighted by atomic mass is 16.5. The van der Waals surface area contributed by atoms with E-state index < -0.39 is 11.4 Å². The fourth-order valence-corrected chi connectivity index (χ4v) is 4.89. The van der Waals surface area contributed by atoms with Crippen LogP contribution in [0.1, 0.15) is 96.3 Å². The van der Waals surface area contributed by atoms with Crippen LogP contribution in [0, 0.1) is 11.8 Å². The Morgan fingerprint density at radius 2 is 1.71 bits per heavy atom. The smallest absolute Gasteiger partial charge is 0.341 e. The Bertz CT molecular complexity index is 1380. The molecule has 0 spiro atoms. The first-order chi connectivity index (χ1) is 20.2. The van der Waals surface area contributed by atoms with Crippen molar-refractivity contribution in [2.24, 2.45) is 11.8 Å². The van der Waals surface area contributed by atoms with Crippen LogP contribution >= 0.6 is 0 Å². The molecular weight excluding hydrogens is 534 g/mol. The van der Waals surface area contributed by atoms with Gasteiger partial charge in [-0.25, -0.2) is 4.79 Å². The quantitative estimate of drug-likeness (QED) is 0.162. The Morgan fingerprint density at radius 1 is 1.02 bits per heavy atom. The monoisotopic (exact) mass is 581 g/mol. The van der Waals surface area contributed by atoms with E-state index in [1.54, 1.807) is 0 Å². The van der Waals surface area contributed by atoms with Gasteiger partial charge in [-0.1, -0.05) is 78.9 Å². The summed E-state index contributed by atoms with van der Waals surface area (Å²) in [6.07, 6.45) is 8.76. The number of hydrogen-bond acceptors (Lipinski definition) is 6. The summed E-state index contributed by atoms with van der Waals surface area (Å²) in [5.41, 5.74) is 1.44. The molecule has 0 fully saturated rings. The van der Waals surface area contributed by atoms with Gasteiger partial charge >= 0.3 is 11.9 Å². The number of benzene rings is 1. The van der Waals surface area contributed by atoms with E-state index in [1.165, 1.54) is 12.3 Å². The number of nitrogens with zero attached hydrogens (tertiary/aromatic N) is 3. The number of hydrogen-bond donors (Lipinski definition) is 1. The number of pyridine rings is 1. The average Bonchev–Trinajstić information content (AvgIpc) is 3.34. The van der Waals surface area contributed by atoms with Crippen LogP contribution in [0.3, 0.4) is 0 Å². The molecule has 0 unspecified atom stereocenters. The zero-order valence-corrected chi connectivity index (χ0v) is 25.9. The highest BCUT2D eigenvalue weighted by Crippen LogP contribution is 2.35. The summed E-state index contributed by atoms with van der Waals surface area (Å²) in [5.74, 6) is 0.677. The Morgan fingerprint density at radius 3 is 2.40 bits per heavy atom. The Labute approximate surface area is 248 Å². The van der Waals surface area contributed by atoms with Crippen molar-refractivity contribution in [3.8, 4) is 17.1 Å². The molecule has 0 amide bonds. The molecule has 3 heterocycles. The SMILES string of the molecule is CC(C)C.CCC(CC)COC(=O)CCCCCCCOc1cccc2c3n(nc12)CCn1cc(C(=O)O)c(=O)cc1-3. The van der Waals surface area contributed by atoms with Crippen LogP contribution in [0.2, 0.25) is 0 Å². The van der Waals surface area contributed by atoms with Gasteiger partial charge in [0.15, 0.2) is 5.43 Å². The number of aromatic nitrogens is 3. The molecular formula is C33H47N3O6. The molecule has 0 saturated heterocycles. The Balaban J connectivity index is 0.00000114. The van der Waals surface area contributed by atoms with Crippen LogP contribution in [0.25, 0.3) is 22.3 Å². The van der Waals surface area contributed by atoms with Gasteiger partial charge in [0.2, 0.25) is 0 Å². The Kier molecular flexibility index (Phi) is 12.6. The van der Waals surface area contributed by atoms with Crippen LogP contribution in [0.5, 0.6) is 5.75 Å². The third-order valence-corrected chi connectivity index (χ3v) is 7.30. The van der Waals surface area contributed by atoms with Crippen molar-refractivity contribution in [3.05, 3.63) is 46.2 Å². The van der Waals surface area contributed by atoms with Gasteiger partial charge in [-0.3, -0.25) is 14.3 Å². The zero-order valence-electron chi connectivity index (χ0n) is 25.9. The standard InChI is InChI=1S/C29H37N3O6.C4H10/c1-3-20(4-2)19-38-26(34)13-8-6-5-7-9-16-37-25-12-10-11-21-27(25)30-32-15-14-31-18-22(29(35)36)24(33)17-23(31)28(21)32;1-4(2)3/h10-12,17-18,20H,3-9,13-16,19H2,1-2H3,(H,35,36);4H,1-3H3. The maximum Gasteiger partial charge on any atom is 0.341 e. The summed E-state index contributed by atoms with van der Waals surface area (Å²) < 4.78 is 15.1. The topological polar surface area (TPSA) is 113 Å². The average molecular weight is 582 g/mol. The van der Waals surface area contributed by atoms with Crippen LogP contribution in [-0.4, -0.2) is 44.6 Å². The van der Waals surface area contributed by atoms with Gasteiger partial charge in [-0.2, -0.15) is 5.10 Å². The summed E-state index contributed by atoms with van der Waals surface area (Å²) in [6.45, 7) is 12.9. The molecule has 1 N–H and O–H groups in total. The van der Waals surface area contributed by atoms with Crippen LogP contribution in [0.15, 0.2) is 35.3 Å². The van der Waals surface area contributed by atoms with E-state index >= 15 is 0 Å². The van der Waals surface area contributed by atoms with E-state index in [1.807, 2.05) is 27.4 Å². The summed E-state index contributed by atoms with van der Waals surface area (Å²) in [7, 11) is 0. The van der Waals surface area contributed by atoms with Gasteiger partial charge < -0.3 is 19.1 Å². The highest BCUT2D eigenvalue weighted by molar-refractivity contribution is 5.96. The number of carbonyl (C=O) groups excluding carboxylic acids is 1. The molecule has 1 aliphatic rings. The maximum absolute atomic E-state index is 12.4. The lowest BCUT2D eigenvalue weighted by molar-refractivity contribution is -0.145. The van der Waals surface area contributed by atoms with E-state index in [0.29, 0.717) is 50.1 Å².